The average molecular weight is 275 g/mol. The Kier molecular flexibility index (Phi) is 4.17. The summed E-state index contributed by atoms with van der Waals surface area (Å²) in [5.41, 5.74) is 6.36. The normalized spacial score (nSPS) is 11.7. The van der Waals surface area contributed by atoms with Gasteiger partial charge in [0, 0.05) is 18.2 Å². The van der Waals surface area contributed by atoms with Crippen molar-refractivity contribution in [1.29, 1.82) is 5.26 Å². The van der Waals surface area contributed by atoms with Gasteiger partial charge in [-0.15, -0.1) is 0 Å². The predicted molar refractivity (Wildman–Crippen MR) is 68.5 cm³/mol. The summed E-state index contributed by atoms with van der Waals surface area (Å²) in [4.78, 5) is 7.80. The SMILES string of the molecule is N#Cc1cnc(NC[C@H](N)c2ccc(F)cc2F)nc1. The van der Waals surface area contributed by atoms with Crippen LogP contribution in [0, 0.1) is 23.0 Å². The maximum absolute atomic E-state index is 13.5. The lowest BCUT2D eigenvalue weighted by Gasteiger charge is -2.13. The van der Waals surface area contributed by atoms with Gasteiger partial charge in [0.15, 0.2) is 0 Å². The average Bonchev–Trinajstić information content (AvgIpc) is 2.45. The number of nitrogens with one attached hydrogen (secondary N) is 1. The van der Waals surface area contributed by atoms with Crippen molar-refractivity contribution in [1.82, 2.24) is 9.97 Å². The number of rotatable bonds is 4. The Hall–Kier alpha value is -2.59. The van der Waals surface area contributed by atoms with E-state index in [0.717, 1.165) is 12.1 Å². The van der Waals surface area contributed by atoms with E-state index in [-0.39, 0.29) is 18.1 Å². The zero-order valence-corrected chi connectivity index (χ0v) is 10.3. The maximum atomic E-state index is 13.5. The van der Waals surface area contributed by atoms with Gasteiger partial charge in [-0.2, -0.15) is 5.26 Å². The van der Waals surface area contributed by atoms with Gasteiger partial charge in [0.05, 0.1) is 24.0 Å². The minimum absolute atomic E-state index is 0.175. The third-order valence-electron chi connectivity index (χ3n) is 2.62. The molecule has 0 aliphatic rings. The Morgan fingerprint density at radius 2 is 2.00 bits per heavy atom. The Morgan fingerprint density at radius 1 is 1.30 bits per heavy atom. The van der Waals surface area contributed by atoms with Crippen molar-refractivity contribution in [3.05, 3.63) is 53.4 Å². The lowest BCUT2D eigenvalue weighted by Crippen LogP contribution is -2.22. The van der Waals surface area contributed by atoms with Crippen molar-refractivity contribution < 1.29 is 8.78 Å². The summed E-state index contributed by atoms with van der Waals surface area (Å²) in [6.07, 6.45) is 2.72. The Morgan fingerprint density at radius 3 is 2.60 bits per heavy atom. The fourth-order valence-corrected chi connectivity index (χ4v) is 1.59. The lowest BCUT2D eigenvalue weighted by molar-refractivity contribution is 0.558. The molecule has 102 valence electrons. The van der Waals surface area contributed by atoms with Gasteiger partial charge in [-0.05, 0) is 6.07 Å². The second-order valence-corrected chi connectivity index (χ2v) is 4.06. The summed E-state index contributed by atoms with van der Waals surface area (Å²) >= 11 is 0. The van der Waals surface area contributed by atoms with Crippen LogP contribution >= 0.6 is 0 Å². The van der Waals surface area contributed by atoms with Gasteiger partial charge in [0.25, 0.3) is 0 Å². The number of nitrogens with zero attached hydrogens (tertiary/aromatic N) is 3. The second kappa shape index (κ2) is 6.04. The van der Waals surface area contributed by atoms with E-state index in [1.165, 1.54) is 18.5 Å². The standard InChI is InChI=1S/C13H11F2N5/c14-9-1-2-10(11(15)3-9)12(17)7-20-13-18-5-8(4-16)6-19-13/h1-3,5-6,12H,7,17H2,(H,18,19,20)/t12-/m0/s1. The molecule has 0 amide bonds. The van der Waals surface area contributed by atoms with Crippen LogP contribution in [-0.4, -0.2) is 16.5 Å². The highest BCUT2D eigenvalue weighted by Crippen LogP contribution is 2.16. The van der Waals surface area contributed by atoms with E-state index in [4.69, 9.17) is 11.0 Å². The molecule has 20 heavy (non-hydrogen) atoms. The summed E-state index contributed by atoms with van der Waals surface area (Å²) in [6.45, 7) is 0.175. The summed E-state index contributed by atoms with van der Waals surface area (Å²) < 4.78 is 26.3. The molecule has 2 aromatic rings. The van der Waals surface area contributed by atoms with E-state index in [2.05, 4.69) is 15.3 Å². The summed E-state index contributed by atoms with van der Waals surface area (Å²) in [5.74, 6) is -1.07. The van der Waals surface area contributed by atoms with Crippen LogP contribution in [0.2, 0.25) is 0 Å². The highest BCUT2D eigenvalue weighted by Gasteiger charge is 2.12. The Bertz CT molecular complexity index is 636. The van der Waals surface area contributed by atoms with E-state index in [9.17, 15) is 8.78 Å². The van der Waals surface area contributed by atoms with Crippen molar-refractivity contribution in [2.75, 3.05) is 11.9 Å². The fraction of sp³-hybridized carbons (Fsp3) is 0.154. The largest absolute Gasteiger partial charge is 0.352 e. The van der Waals surface area contributed by atoms with Crippen LogP contribution in [0.5, 0.6) is 0 Å². The number of nitriles is 1. The number of anilines is 1. The first-order chi connectivity index (χ1) is 9.60. The van der Waals surface area contributed by atoms with Gasteiger partial charge in [0.1, 0.15) is 17.7 Å². The number of hydrogen-bond acceptors (Lipinski definition) is 5. The minimum atomic E-state index is -0.694. The third-order valence-corrected chi connectivity index (χ3v) is 2.62. The summed E-state index contributed by atoms with van der Waals surface area (Å²) in [5, 5.41) is 11.4. The molecule has 1 aromatic carbocycles. The Balaban J connectivity index is 2.01. The van der Waals surface area contributed by atoms with E-state index >= 15 is 0 Å². The monoisotopic (exact) mass is 275 g/mol. The minimum Gasteiger partial charge on any atom is -0.352 e. The molecule has 0 bridgehead atoms. The molecule has 0 radical (unpaired) electrons. The van der Waals surface area contributed by atoms with Gasteiger partial charge in [-0.25, -0.2) is 18.7 Å². The highest BCUT2D eigenvalue weighted by atomic mass is 19.1. The van der Waals surface area contributed by atoms with Crippen LogP contribution in [0.3, 0.4) is 0 Å². The molecule has 1 atom stereocenters. The van der Waals surface area contributed by atoms with Crippen molar-refractivity contribution in [2.45, 2.75) is 6.04 Å². The molecule has 2 rings (SSSR count). The molecule has 0 spiro atoms. The first kappa shape index (κ1) is 13.8. The predicted octanol–water partition coefficient (Wildman–Crippen LogP) is 1.74. The molecule has 3 N–H and O–H groups in total. The number of nitrogens with two attached hydrogens (primary N) is 1. The molecule has 7 heteroatoms. The molecular formula is C13H11F2N5. The fourth-order valence-electron chi connectivity index (χ4n) is 1.59. The zero-order chi connectivity index (χ0) is 14.5. The van der Waals surface area contributed by atoms with Crippen molar-refractivity contribution in [2.24, 2.45) is 5.73 Å². The summed E-state index contributed by atoms with van der Waals surface area (Å²) in [6, 6.07) is 4.46. The van der Waals surface area contributed by atoms with Gasteiger partial charge in [0.2, 0.25) is 5.95 Å². The smallest absolute Gasteiger partial charge is 0.222 e. The number of halogens is 2. The Labute approximate surface area is 114 Å². The molecule has 0 fully saturated rings. The van der Waals surface area contributed by atoms with Gasteiger partial charge < -0.3 is 11.1 Å². The van der Waals surface area contributed by atoms with Crippen LogP contribution in [0.4, 0.5) is 14.7 Å². The number of aromatic nitrogens is 2. The first-order valence-corrected chi connectivity index (χ1v) is 5.76. The maximum Gasteiger partial charge on any atom is 0.222 e. The second-order valence-electron chi connectivity index (χ2n) is 4.06. The molecule has 1 aromatic heterocycles. The van der Waals surface area contributed by atoms with E-state index < -0.39 is 17.7 Å². The highest BCUT2D eigenvalue weighted by molar-refractivity contribution is 5.31. The summed E-state index contributed by atoms with van der Waals surface area (Å²) in [7, 11) is 0. The number of benzene rings is 1. The molecule has 0 aliphatic carbocycles. The van der Waals surface area contributed by atoms with E-state index in [1.807, 2.05) is 6.07 Å². The van der Waals surface area contributed by atoms with Crippen LogP contribution in [0.25, 0.3) is 0 Å². The number of hydrogen-bond donors (Lipinski definition) is 2. The van der Waals surface area contributed by atoms with Crippen LogP contribution in [0.1, 0.15) is 17.2 Å². The topological polar surface area (TPSA) is 87.6 Å². The van der Waals surface area contributed by atoms with E-state index in [1.54, 1.807) is 0 Å². The molecule has 5 nitrogen and oxygen atoms in total. The lowest BCUT2D eigenvalue weighted by atomic mass is 10.1. The quantitative estimate of drug-likeness (QED) is 0.887. The van der Waals surface area contributed by atoms with Crippen molar-refractivity contribution in [3.8, 4) is 6.07 Å². The first-order valence-electron chi connectivity index (χ1n) is 5.76. The molecule has 0 saturated carbocycles. The third kappa shape index (κ3) is 3.24. The van der Waals surface area contributed by atoms with Crippen LogP contribution < -0.4 is 11.1 Å². The molecule has 0 unspecified atom stereocenters. The molecule has 1 heterocycles. The van der Waals surface area contributed by atoms with Gasteiger partial charge in [-0.1, -0.05) is 6.07 Å². The zero-order valence-electron chi connectivity index (χ0n) is 10.3. The van der Waals surface area contributed by atoms with Crippen LogP contribution in [-0.2, 0) is 0 Å². The van der Waals surface area contributed by atoms with E-state index in [0.29, 0.717) is 5.56 Å². The van der Waals surface area contributed by atoms with Crippen molar-refractivity contribution in [3.63, 3.8) is 0 Å². The van der Waals surface area contributed by atoms with Gasteiger partial charge >= 0.3 is 0 Å². The molecule has 0 saturated heterocycles. The van der Waals surface area contributed by atoms with Gasteiger partial charge in [-0.3, -0.25) is 0 Å². The van der Waals surface area contributed by atoms with Crippen molar-refractivity contribution >= 4 is 5.95 Å². The molecular weight excluding hydrogens is 264 g/mol. The molecule has 0 aliphatic heterocycles. The van der Waals surface area contributed by atoms with Crippen LogP contribution in [0.15, 0.2) is 30.6 Å².